The van der Waals surface area contributed by atoms with Crippen LogP contribution in [0, 0.1) is 11.7 Å². The number of rotatable bonds is 8. The lowest BCUT2D eigenvalue weighted by Gasteiger charge is -2.13. The number of aromatic amines is 1. The Morgan fingerprint density at radius 2 is 2.00 bits per heavy atom. The average Bonchev–Trinajstić information content (AvgIpc) is 3.32. The monoisotopic (exact) mass is 494 g/mol. The number of aryl methyl sites for hydroxylation is 1. The van der Waals surface area contributed by atoms with Crippen molar-refractivity contribution >= 4 is 47.1 Å². The van der Waals surface area contributed by atoms with E-state index in [1.807, 2.05) is 31.2 Å². The first-order chi connectivity index (χ1) is 16.4. The number of amides is 3. The summed E-state index contributed by atoms with van der Waals surface area (Å²) in [6, 6.07) is 11.4. The normalized spacial score (nSPS) is 14.7. The van der Waals surface area contributed by atoms with Crippen molar-refractivity contribution in [2.45, 2.75) is 19.9 Å². The Morgan fingerprint density at radius 1 is 1.21 bits per heavy atom. The summed E-state index contributed by atoms with van der Waals surface area (Å²) in [6.07, 6.45) is 5.06. The van der Waals surface area contributed by atoms with Gasteiger partial charge < -0.3 is 5.32 Å². The smallest absolute Gasteiger partial charge is 0.293 e. The molecular weight excluding hydrogens is 472 g/mol. The van der Waals surface area contributed by atoms with Crippen LogP contribution in [0.4, 0.5) is 4.79 Å². The predicted molar refractivity (Wildman–Crippen MR) is 132 cm³/mol. The van der Waals surface area contributed by atoms with Gasteiger partial charge in [0.05, 0.1) is 4.91 Å². The molecule has 0 unspecified atom stereocenters. The van der Waals surface area contributed by atoms with Crippen molar-refractivity contribution in [2.75, 3.05) is 13.1 Å². The number of benzene rings is 1. The average molecular weight is 495 g/mol. The van der Waals surface area contributed by atoms with Gasteiger partial charge in [-0.25, -0.2) is 0 Å². The van der Waals surface area contributed by atoms with Gasteiger partial charge in [-0.05, 0) is 48.6 Å². The van der Waals surface area contributed by atoms with E-state index in [9.17, 15) is 14.4 Å². The van der Waals surface area contributed by atoms with Crippen LogP contribution in [0.5, 0.6) is 0 Å². The van der Waals surface area contributed by atoms with E-state index in [4.69, 9.17) is 12.2 Å². The number of pyridine rings is 1. The van der Waals surface area contributed by atoms with Crippen LogP contribution < -0.4 is 5.32 Å². The Balaban J connectivity index is 1.29. The van der Waals surface area contributed by atoms with Crippen molar-refractivity contribution in [1.82, 2.24) is 30.0 Å². The number of hydrogen-bond acceptors (Lipinski definition) is 7. The molecule has 3 heterocycles. The molecule has 1 aliphatic rings. The van der Waals surface area contributed by atoms with Gasteiger partial charge in [0.2, 0.25) is 5.91 Å². The topological polar surface area (TPSA) is 113 Å². The van der Waals surface area contributed by atoms with E-state index in [2.05, 4.69) is 20.5 Å². The van der Waals surface area contributed by atoms with E-state index in [-0.39, 0.29) is 36.6 Å². The van der Waals surface area contributed by atoms with Gasteiger partial charge in [0, 0.05) is 44.0 Å². The molecule has 9 nitrogen and oxygen atoms in total. The number of hydrogen-bond donors (Lipinski definition) is 2. The van der Waals surface area contributed by atoms with E-state index < -0.39 is 0 Å². The lowest BCUT2D eigenvalue weighted by atomic mass is 10.1. The number of carbonyl (C=O) groups is 3. The largest absolute Gasteiger partial charge is 0.354 e. The summed E-state index contributed by atoms with van der Waals surface area (Å²) in [5.41, 5.74) is 2.78. The molecule has 1 saturated heterocycles. The summed E-state index contributed by atoms with van der Waals surface area (Å²) >= 11 is 6.19. The van der Waals surface area contributed by atoms with Gasteiger partial charge in [0.15, 0.2) is 10.6 Å². The highest BCUT2D eigenvalue weighted by Gasteiger charge is 2.34. The maximum atomic E-state index is 12.6. The molecule has 0 spiro atoms. The second-order valence-corrected chi connectivity index (χ2v) is 8.97. The summed E-state index contributed by atoms with van der Waals surface area (Å²) in [6.45, 7) is 2.62. The SMILES string of the molecule is Cc1ccc(-c2n[nH]c(=S)n2CCC(=O)NCCN2C(=O)SC(=Cc3cccnc3)C2=O)cc1. The van der Waals surface area contributed by atoms with Crippen molar-refractivity contribution in [3.8, 4) is 11.4 Å². The quantitative estimate of drug-likeness (QED) is 0.364. The van der Waals surface area contributed by atoms with Crippen LogP contribution in [0.1, 0.15) is 17.5 Å². The molecule has 0 bridgehead atoms. The third-order valence-corrected chi connectivity index (χ3v) is 6.36. The highest BCUT2D eigenvalue weighted by molar-refractivity contribution is 8.18. The van der Waals surface area contributed by atoms with E-state index in [0.717, 1.165) is 33.4 Å². The lowest BCUT2D eigenvalue weighted by molar-refractivity contribution is -0.124. The summed E-state index contributed by atoms with van der Waals surface area (Å²) < 4.78 is 2.21. The summed E-state index contributed by atoms with van der Waals surface area (Å²) in [4.78, 5) is 42.7. The Hall–Kier alpha value is -3.57. The zero-order valence-corrected chi connectivity index (χ0v) is 20.0. The van der Waals surface area contributed by atoms with Crippen molar-refractivity contribution in [2.24, 2.45) is 0 Å². The Kier molecular flexibility index (Phi) is 7.33. The molecule has 4 rings (SSSR count). The summed E-state index contributed by atoms with van der Waals surface area (Å²) in [5, 5.41) is 9.46. The number of thioether (sulfide) groups is 1. The minimum absolute atomic E-state index is 0.0978. The number of nitrogens with zero attached hydrogens (tertiary/aromatic N) is 4. The fourth-order valence-corrected chi connectivity index (χ4v) is 4.45. The highest BCUT2D eigenvalue weighted by atomic mass is 32.2. The van der Waals surface area contributed by atoms with Crippen molar-refractivity contribution in [3.05, 3.63) is 69.6 Å². The second-order valence-electron chi connectivity index (χ2n) is 7.59. The first kappa shape index (κ1) is 23.6. The molecule has 0 radical (unpaired) electrons. The number of H-pyrrole nitrogens is 1. The van der Waals surface area contributed by atoms with Crippen LogP contribution in [0.25, 0.3) is 17.5 Å². The zero-order valence-electron chi connectivity index (χ0n) is 18.4. The van der Waals surface area contributed by atoms with Crippen molar-refractivity contribution in [1.29, 1.82) is 0 Å². The molecule has 0 saturated carbocycles. The molecule has 3 aromatic rings. The van der Waals surface area contributed by atoms with E-state index in [1.165, 1.54) is 0 Å². The molecule has 11 heteroatoms. The molecule has 0 atom stereocenters. The van der Waals surface area contributed by atoms with Crippen LogP contribution in [-0.4, -0.2) is 54.8 Å². The Morgan fingerprint density at radius 3 is 2.74 bits per heavy atom. The fraction of sp³-hybridized carbons (Fsp3) is 0.217. The fourth-order valence-electron chi connectivity index (χ4n) is 3.36. The molecule has 1 aromatic carbocycles. The molecule has 3 amide bonds. The minimum atomic E-state index is -0.374. The molecule has 2 aromatic heterocycles. The van der Waals surface area contributed by atoms with Gasteiger partial charge in [-0.3, -0.25) is 33.9 Å². The lowest BCUT2D eigenvalue weighted by Crippen LogP contribution is -2.37. The zero-order chi connectivity index (χ0) is 24.1. The van der Waals surface area contributed by atoms with Crippen LogP contribution in [0.15, 0.2) is 53.7 Å². The van der Waals surface area contributed by atoms with Crippen LogP contribution >= 0.6 is 24.0 Å². The third-order valence-electron chi connectivity index (χ3n) is 5.14. The summed E-state index contributed by atoms with van der Waals surface area (Å²) in [5.74, 6) is 0.0763. The van der Waals surface area contributed by atoms with Gasteiger partial charge in [-0.2, -0.15) is 5.10 Å². The maximum absolute atomic E-state index is 12.6. The molecule has 0 aliphatic carbocycles. The molecule has 34 heavy (non-hydrogen) atoms. The second kappa shape index (κ2) is 10.6. The van der Waals surface area contributed by atoms with Crippen molar-refractivity contribution < 1.29 is 14.4 Å². The van der Waals surface area contributed by atoms with Gasteiger partial charge in [0.1, 0.15) is 0 Å². The van der Waals surface area contributed by atoms with Gasteiger partial charge in [-0.15, -0.1) is 0 Å². The van der Waals surface area contributed by atoms with Gasteiger partial charge in [0.25, 0.3) is 11.1 Å². The number of carbonyl (C=O) groups excluding carboxylic acids is 3. The van der Waals surface area contributed by atoms with Gasteiger partial charge in [-0.1, -0.05) is 35.9 Å². The number of imide groups is 1. The summed E-state index contributed by atoms with van der Waals surface area (Å²) in [7, 11) is 0. The first-order valence-electron chi connectivity index (χ1n) is 10.6. The molecule has 1 fully saturated rings. The van der Waals surface area contributed by atoms with E-state index >= 15 is 0 Å². The molecule has 2 N–H and O–H groups in total. The predicted octanol–water partition coefficient (Wildman–Crippen LogP) is 3.55. The Labute approximate surface area is 205 Å². The minimum Gasteiger partial charge on any atom is -0.354 e. The highest BCUT2D eigenvalue weighted by Crippen LogP contribution is 2.31. The first-order valence-corrected chi connectivity index (χ1v) is 11.8. The molecular formula is C23H22N6O3S2. The van der Waals surface area contributed by atoms with E-state index in [0.29, 0.717) is 22.0 Å². The van der Waals surface area contributed by atoms with Crippen LogP contribution in [0.2, 0.25) is 0 Å². The van der Waals surface area contributed by atoms with Gasteiger partial charge >= 0.3 is 0 Å². The standard InChI is InChI=1S/C23H22N6O3S2/c1-15-4-6-17(7-5-15)20-26-27-22(33)28(20)11-8-19(30)25-10-12-29-21(31)18(34-23(29)32)13-16-3-2-9-24-14-16/h2-7,9,13-14H,8,10-12H2,1H3,(H,25,30)(H,27,33). The van der Waals surface area contributed by atoms with E-state index in [1.54, 1.807) is 35.2 Å². The number of aromatic nitrogens is 4. The maximum Gasteiger partial charge on any atom is 0.293 e. The molecule has 1 aliphatic heterocycles. The van der Waals surface area contributed by atoms with Crippen LogP contribution in [-0.2, 0) is 16.1 Å². The van der Waals surface area contributed by atoms with Crippen LogP contribution in [0.3, 0.4) is 0 Å². The molecule has 174 valence electrons. The third kappa shape index (κ3) is 5.49. The number of nitrogens with one attached hydrogen (secondary N) is 2. The Bertz CT molecular complexity index is 1300. The van der Waals surface area contributed by atoms with Crippen molar-refractivity contribution in [3.63, 3.8) is 0 Å².